The minimum absolute atomic E-state index is 0.00897. The maximum absolute atomic E-state index is 13.0. The topological polar surface area (TPSA) is 75.1 Å². The van der Waals surface area contributed by atoms with Crippen LogP contribution in [0.4, 0.5) is 0 Å². The standard InChI is InChI=1S/C26H35N3O4/c1-26(2)12-6-14-28(18-24(31)29-15-10-21(30)11-16-29)17-20-7-5-13-27-25(20)33-23-9-4-3-8-22(23)32-19-26/h3-5,7-9,13,21,30H,6,10-12,14-19H2,1-2H3. The summed E-state index contributed by atoms with van der Waals surface area (Å²) in [6.07, 6.45) is 4.68. The molecule has 7 nitrogen and oxygen atoms in total. The van der Waals surface area contributed by atoms with E-state index in [0.717, 1.165) is 24.9 Å². The lowest BCUT2D eigenvalue weighted by atomic mass is 9.88. The summed E-state index contributed by atoms with van der Waals surface area (Å²) >= 11 is 0. The third-order valence-corrected chi connectivity index (χ3v) is 6.42. The normalized spacial score (nSPS) is 20.2. The van der Waals surface area contributed by atoms with Crippen molar-refractivity contribution in [3.05, 3.63) is 48.2 Å². The van der Waals surface area contributed by atoms with Crippen LogP contribution in [0.1, 0.15) is 45.1 Å². The molecule has 0 aliphatic carbocycles. The van der Waals surface area contributed by atoms with E-state index in [1.807, 2.05) is 41.3 Å². The van der Waals surface area contributed by atoms with Crippen LogP contribution in [-0.4, -0.2) is 64.7 Å². The molecule has 1 aromatic heterocycles. The number of amides is 1. The Kier molecular flexibility index (Phi) is 7.50. The zero-order valence-corrected chi connectivity index (χ0v) is 19.7. The van der Waals surface area contributed by atoms with Crippen LogP contribution in [0.15, 0.2) is 42.6 Å². The Morgan fingerprint density at radius 3 is 2.67 bits per heavy atom. The van der Waals surface area contributed by atoms with E-state index < -0.39 is 0 Å². The first-order valence-corrected chi connectivity index (χ1v) is 11.9. The Balaban J connectivity index is 1.56. The number of aliphatic hydroxyl groups excluding tert-OH is 1. The van der Waals surface area contributed by atoms with Crippen molar-refractivity contribution in [3.8, 4) is 17.4 Å². The predicted octanol–water partition coefficient (Wildman–Crippen LogP) is 3.86. The van der Waals surface area contributed by atoms with Crippen molar-refractivity contribution < 1.29 is 19.4 Å². The summed E-state index contributed by atoms with van der Waals surface area (Å²) in [5.74, 6) is 2.00. The highest BCUT2D eigenvalue weighted by Crippen LogP contribution is 2.34. The highest BCUT2D eigenvalue weighted by atomic mass is 16.5. The van der Waals surface area contributed by atoms with E-state index in [2.05, 4.69) is 23.7 Å². The first-order chi connectivity index (χ1) is 15.9. The lowest BCUT2D eigenvalue weighted by Gasteiger charge is -2.32. The highest BCUT2D eigenvalue weighted by molar-refractivity contribution is 5.78. The average molecular weight is 454 g/mol. The Labute approximate surface area is 196 Å². The molecule has 3 heterocycles. The fourth-order valence-electron chi connectivity index (χ4n) is 4.38. The molecule has 1 saturated heterocycles. The van der Waals surface area contributed by atoms with Crippen LogP contribution in [0.5, 0.6) is 17.4 Å². The van der Waals surface area contributed by atoms with Gasteiger partial charge >= 0.3 is 0 Å². The predicted molar refractivity (Wildman–Crippen MR) is 126 cm³/mol. The van der Waals surface area contributed by atoms with Gasteiger partial charge in [0.15, 0.2) is 11.5 Å². The van der Waals surface area contributed by atoms with E-state index in [1.165, 1.54) is 0 Å². The first kappa shape index (κ1) is 23.5. The number of pyridine rings is 1. The zero-order chi connectivity index (χ0) is 23.3. The number of benzene rings is 1. The van der Waals surface area contributed by atoms with Crippen LogP contribution in [0.2, 0.25) is 0 Å². The van der Waals surface area contributed by atoms with Crippen molar-refractivity contribution in [3.63, 3.8) is 0 Å². The zero-order valence-electron chi connectivity index (χ0n) is 19.7. The van der Waals surface area contributed by atoms with Crippen molar-refractivity contribution >= 4 is 5.91 Å². The third-order valence-electron chi connectivity index (χ3n) is 6.42. The number of nitrogens with zero attached hydrogens (tertiary/aromatic N) is 3. The molecule has 0 saturated carbocycles. The Bertz CT molecular complexity index is 941. The van der Waals surface area contributed by atoms with Crippen molar-refractivity contribution in [2.75, 3.05) is 32.8 Å². The average Bonchev–Trinajstić information content (AvgIpc) is 2.80. The summed E-state index contributed by atoms with van der Waals surface area (Å²) in [6, 6.07) is 11.6. The first-order valence-electron chi connectivity index (χ1n) is 11.9. The number of aliphatic hydroxyl groups is 1. The van der Waals surface area contributed by atoms with Gasteiger partial charge in [0.25, 0.3) is 0 Å². The second-order valence-electron chi connectivity index (χ2n) is 9.90. The van der Waals surface area contributed by atoms with Gasteiger partial charge in [-0.25, -0.2) is 4.98 Å². The summed E-state index contributed by atoms with van der Waals surface area (Å²) in [7, 11) is 0. The Morgan fingerprint density at radius 2 is 1.88 bits per heavy atom. The molecule has 0 unspecified atom stereocenters. The number of piperidine rings is 1. The largest absolute Gasteiger partial charge is 0.489 e. The highest BCUT2D eigenvalue weighted by Gasteiger charge is 2.25. The molecular formula is C26H35N3O4. The van der Waals surface area contributed by atoms with Gasteiger partial charge in [0, 0.05) is 31.4 Å². The maximum Gasteiger partial charge on any atom is 0.236 e. The molecule has 1 aromatic carbocycles. The van der Waals surface area contributed by atoms with Gasteiger partial charge in [-0.05, 0) is 55.8 Å². The molecule has 33 heavy (non-hydrogen) atoms. The van der Waals surface area contributed by atoms with Crippen LogP contribution >= 0.6 is 0 Å². The summed E-state index contributed by atoms with van der Waals surface area (Å²) in [5.41, 5.74) is 0.929. The number of aromatic nitrogens is 1. The van der Waals surface area contributed by atoms with E-state index in [9.17, 15) is 9.90 Å². The lowest BCUT2D eigenvalue weighted by molar-refractivity contribution is -0.134. The number of ether oxygens (including phenoxy) is 2. The maximum atomic E-state index is 13.0. The van der Waals surface area contributed by atoms with Crippen LogP contribution < -0.4 is 9.47 Å². The van der Waals surface area contributed by atoms with Gasteiger partial charge in [-0.3, -0.25) is 9.69 Å². The molecule has 2 aliphatic rings. The van der Waals surface area contributed by atoms with E-state index in [-0.39, 0.29) is 17.4 Å². The van der Waals surface area contributed by atoms with E-state index in [1.54, 1.807) is 6.20 Å². The third kappa shape index (κ3) is 6.45. The molecule has 0 atom stereocenters. The number of carbonyl (C=O) groups is 1. The molecule has 4 rings (SSSR count). The van der Waals surface area contributed by atoms with Crippen LogP contribution in [-0.2, 0) is 11.3 Å². The SMILES string of the molecule is CC1(C)CCCN(CC(=O)N2CCC(O)CC2)Cc2cccnc2Oc2ccccc2OC1. The smallest absolute Gasteiger partial charge is 0.236 e. The summed E-state index contributed by atoms with van der Waals surface area (Å²) in [4.78, 5) is 21.6. The molecule has 0 bridgehead atoms. The molecular weight excluding hydrogens is 418 g/mol. The van der Waals surface area contributed by atoms with Crippen LogP contribution in [0, 0.1) is 5.41 Å². The van der Waals surface area contributed by atoms with Gasteiger partial charge < -0.3 is 19.5 Å². The van der Waals surface area contributed by atoms with Crippen molar-refractivity contribution in [1.29, 1.82) is 0 Å². The second-order valence-corrected chi connectivity index (χ2v) is 9.90. The number of rotatable bonds is 2. The number of hydrogen-bond donors (Lipinski definition) is 1. The number of likely N-dealkylation sites (tertiary alicyclic amines) is 1. The van der Waals surface area contributed by atoms with Gasteiger partial charge in [0.1, 0.15) is 0 Å². The Hall–Kier alpha value is -2.64. The minimum Gasteiger partial charge on any atom is -0.489 e. The molecule has 7 heteroatoms. The van der Waals surface area contributed by atoms with Crippen LogP contribution in [0.25, 0.3) is 0 Å². The number of para-hydroxylation sites is 2. The summed E-state index contributed by atoms with van der Waals surface area (Å²) in [5, 5.41) is 9.78. The van der Waals surface area contributed by atoms with Gasteiger partial charge in [0.2, 0.25) is 11.8 Å². The van der Waals surface area contributed by atoms with Gasteiger partial charge in [-0.15, -0.1) is 0 Å². The quantitative estimate of drug-likeness (QED) is 0.744. The van der Waals surface area contributed by atoms with E-state index in [4.69, 9.17) is 9.47 Å². The molecule has 0 radical (unpaired) electrons. The summed E-state index contributed by atoms with van der Waals surface area (Å²) in [6.45, 7) is 7.96. The molecule has 0 spiro atoms. The van der Waals surface area contributed by atoms with Gasteiger partial charge in [-0.2, -0.15) is 0 Å². The monoisotopic (exact) mass is 453 g/mol. The number of fused-ring (bicyclic) bond motifs is 2. The molecule has 1 fully saturated rings. The molecule has 1 amide bonds. The summed E-state index contributed by atoms with van der Waals surface area (Å²) < 4.78 is 12.4. The van der Waals surface area contributed by atoms with Gasteiger partial charge in [0.05, 0.1) is 19.3 Å². The van der Waals surface area contributed by atoms with Crippen LogP contribution in [0.3, 0.4) is 0 Å². The number of carbonyl (C=O) groups excluding carboxylic acids is 1. The van der Waals surface area contributed by atoms with Crippen molar-refractivity contribution in [2.45, 2.75) is 52.2 Å². The molecule has 178 valence electrons. The molecule has 1 N–H and O–H groups in total. The van der Waals surface area contributed by atoms with E-state index >= 15 is 0 Å². The lowest BCUT2D eigenvalue weighted by Crippen LogP contribution is -2.45. The number of hydrogen-bond acceptors (Lipinski definition) is 6. The van der Waals surface area contributed by atoms with Crippen molar-refractivity contribution in [2.24, 2.45) is 5.41 Å². The fourth-order valence-corrected chi connectivity index (χ4v) is 4.38. The van der Waals surface area contributed by atoms with Gasteiger partial charge in [-0.1, -0.05) is 32.0 Å². The fraction of sp³-hybridized carbons (Fsp3) is 0.538. The minimum atomic E-state index is -0.290. The Morgan fingerprint density at radius 1 is 1.12 bits per heavy atom. The van der Waals surface area contributed by atoms with E-state index in [0.29, 0.717) is 63.0 Å². The molecule has 2 aromatic rings. The second kappa shape index (κ2) is 10.5. The molecule has 2 aliphatic heterocycles. The van der Waals surface area contributed by atoms with Crippen molar-refractivity contribution in [1.82, 2.24) is 14.8 Å².